The van der Waals surface area contributed by atoms with Crippen molar-refractivity contribution in [3.63, 3.8) is 0 Å². The van der Waals surface area contributed by atoms with Crippen LogP contribution >= 0.6 is 0 Å². The van der Waals surface area contributed by atoms with E-state index in [0.717, 1.165) is 5.56 Å². The molecular weight excluding hydrogens is 204 g/mol. The second-order valence-electron chi connectivity index (χ2n) is 4.14. The summed E-state index contributed by atoms with van der Waals surface area (Å²) in [4.78, 5) is 0. The zero-order valence-electron chi connectivity index (χ0n) is 9.19. The van der Waals surface area contributed by atoms with Gasteiger partial charge < -0.3 is 4.53 Å². The zero-order chi connectivity index (χ0) is 11.3. The predicted octanol–water partition coefficient (Wildman–Crippen LogP) is 2.74. The number of oxime groups is 1. The molecule has 1 aromatic carbocycles. The van der Waals surface area contributed by atoms with Crippen LogP contribution in [0.4, 0.5) is 0 Å². The molecule has 0 amide bonds. The maximum atomic E-state index is 8.83. The molecule has 0 saturated heterocycles. The number of benzene rings is 1. The van der Waals surface area contributed by atoms with Crippen molar-refractivity contribution in [1.82, 2.24) is 0 Å². The molecule has 0 saturated carbocycles. The molecule has 3 nitrogen and oxygen atoms in total. The molecule has 0 aromatic heterocycles. The SMILES string of the molecule is C[Si](C)(C)ON=Cc1ccccc1C#N. The Kier molecular flexibility index (Phi) is 3.64. The minimum atomic E-state index is -1.62. The monoisotopic (exact) mass is 218 g/mol. The number of hydrogen-bond acceptors (Lipinski definition) is 3. The van der Waals surface area contributed by atoms with E-state index < -0.39 is 8.32 Å². The third-order valence-electron chi connectivity index (χ3n) is 1.60. The molecule has 0 bridgehead atoms. The topological polar surface area (TPSA) is 45.4 Å². The second-order valence-corrected chi connectivity index (χ2v) is 8.54. The van der Waals surface area contributed by atoms with Crippen LogP contribution in [0, 0.1) is 11.3 Å². The van der Waals surface area contributed by atoms with Gasteiger partial charge in [-0.2, -0.15) is 5.26 Å². The smallest absolute Gasteiger partial charge is 0.278 e. The molecule has 0 radical (unpaired) electrons. The van der Waals surface area contributed by atoms with Gasteiger partial charge in [0.15, 0.2) is 0 Å². The third kappa shape index (κ3) is 3.96. The van der Waals surface area contributed by atoms with E-state index in [4.69, 9.17) is 9.79 Å². The lowest BCUT2D eigenvalue weighted by atomic mass is 10.1. The van der Waals surface area contributed by atoms with Gasteiger partial charge in [0.2, 0.25) is 0 Å². The summed E-state index contributed by atoms with van der Waals surface area (Å²) in [7, 11) is -1.62. The standard InChI is InChI=1S/C11H14N2OSi/c1-15(2,3)14-13-9-11-7-5-4-6-10(11)8-12/h4-7,9H,1-3H3. The molecule has 0 aliphatic carbocycles. The first kappa shape index (κ1) is 11.5. The van der Waals surface area contributed by atoms with E-state index in [9.17, 15) is 0 Å². The summed E-state index contributed by atoms with van der Waals surface area (Å²) in [6.45, 7) is 6.17. The highest BCUT2D eigenvalue weighted by atomic mass is 28.4. The van der Waals surface area contributed by atoms with E-state index in [1.807, 2.05) is 18.2 Å². The van der Waals surface area contributed by atoms with Crippen LogP contribution in [0.3, 0.4) is 0 Å². The highest BCUT2D eigenvalue weighted by Gasteiger charge is 2.15. The first-order valence-corrected chi connectivity index (χ1v) is 8.14. The summed E-state index contributed by atoms with van der Waals surface area (Å²) in [6.07, 6.45) is 1.59. The summed E-state index contributed by atoms with van der Waals surface area (Å²) in [5.41, 5.74) is 1.40. The number of rotatable bonds is 3. The Morgan fingerprint density at radius 1 is 1.33 bits per heavy atom. The van der Waals surface area contributed by atoms with Crippen molar-refractivity contribution in [2.24, 2.45) is 5.16 Å². The molecule has 1 aromatic rings. The van der Waals surface area contributed by atoms with Gasteiger partial charge in [-0.05, 0) is 25.7 Å². The van der Waals surface area contributed by atoms with E-state index in [-0.39, 0.29) is 0 Å². The van der Waals surface area contributed by atoms with Gasteiger partial charge in [-0.1, -0.05) is 18.2 Å². The Balaban J connectivity index is 2.77. The fourth-order valence-electron chi connectivity index (χ4n) is 0.953. The summed E-state index contributed by atoms with van der Waals surface area (Å²) >= 11 is 0. The van der Waals surface area contributed by atoms with Crippen LogP contribution in [0.15, 0.2) is 29.4 Å². The van der Waals surface area contributed by atoms with Gasteiger partial charge in [0, 0.05) is 5.56 Å². The van der Waals surface area contributed by atoms with Gasteiger partial charge in [0.1, 0.15) is 0 Å². The molecule has 0 unspecified atom stereocenters. The van der Waals surface area contributed by atoms with Gasteiger partial charge in [0.05, 0.1) is 17.8 Å². The number of nitriles is 1. The van der Waals surface area contributed by atoms with Gasteiger partial charge in [-0.25, -0.2) is 0 Å². The summed E-state index contributed by atoms with van der Waals surface area (Å²) in [5, 5.41) is 12.7. The minimum Gasteiger partial charge on any atom is -0.456 e. The van der Waals surface area contributed by atoms with Crippen molar-refractivity contribution in [3.05, 3.63) is 35.4 Å². The Hall–Kier alpha value is -1.60. The van der Waals surface area contributed by atoms with Crippen LogP contribution in [-0.2, 0) is 4.53 Å². The van der Waals surface area contributed by atoms with Crippen LogP contribution < -0.4 is 0 Å². The summed E-state index contributed by atoms with van der Waals surface area (Å²) < 4.78 is 5.33. The molecule has 4 heteroatoms. The second kappa shape index (κ2) is 4.76. The quantitative estimate of drug-likeness (QED) is 0.445. The molecule has 15 heavy (non-hydrogen) atoms. The molecule has 0 fully saturated rings. The van der Waals surface area contributed by atoms with Crippen molar-refractivity contribution in [2.75, 3.05) is 0 Å². The van der Waals surface area contributed by atoms with Crippen LogP contribution in [0.1, 0.15) is 11.1 Å². The molecule has 0 atom stereocenters. The van der Waals surface area contributed by atoms with E-state index in [2.05, 4.69) is 30.9 Å². The Morgan fingerprint density at radius 3 is 2.60 bits per heavy atom. The largest absolute Gasteiger partial charge is 0.456 e. The summed E-state index contributed by atoms with van der Waals surface area (Å²) in [5.74, 6) is 0. The third-order valence-corrected chi connectivity index (χ3v) is 2.25. The van der Waals surface area contributed by atoms with Crippen molar-refractivity contribution in [3.8, 4) is 6.07 Å². The Morgan fingerprint density at radius 2 is 2.00 bits per heavy atom. The molecule has 0 aliphatic heterocycles. The van der Waals surface area contributed by atoms with Crippen molar-refractivity contribution in [2.45, 2.75) is 19.6 Å². The van der Waals surface area contributed by atoms with Crippen LogP contribution in [0.5, 0.6) is 0 Å². The highest BCUT2D eigenvalue weighted by molar-refractivity contribution is 6.69. The molecule has 0 heterocycles. The normalized spacial score (nSPS) is 11.3. The lowest BCUT2D eigenvalue weighted by Gasteiger charge is -2.11. The fourth-order valence-corrected chi connectivity index (χ4v) is 1.32. The Bertz CT molecular complexity index is 402. The van der Waals surface area contributed by atoms with Crippen molar-refractivity contribution >= 4 is 14.5 Å². The lowest BCUT2D eigenvalue weighted by molar-refractivity contribution is 0.338. The molecule has 0 spiro atoms. The van der Waals surface area contributed by atoms with Crippen LogP contribution in [-0.4, -0.2) is 14.5 Å². The van der Waals surface area contributed by atoms with Gasteiger partial charge in [0.25, 0.3) is 8.32 Å². The number of nitrogens with zero attached hydrogens (tertiary/aromatic N) is 2. The predicted molar refractivity (Wildman–Crippen MR) is 63.2 cm³/mol. The maximum Gasteiger partial charge on any atom is 0.278 e. The average molecular weight is 218 g/mol. The summed E-state index contributed by atoms with van der Waals surface area (Å²) in [6, 6.07) is 9.41. The minimum absolute atomic E-state index is 0.612. The zero-order valence-corrected chi connectivity index (χ0v) is 10.2. The molecule has 0 aliphatic rings. The van der Waals surface area contributed by atoms with E-state index >= 15 is 0 Å². The highest BCUT2D eigenvalue weighted by Crippen LogP contribution is 2.06. The van der Waals surface area contributed by atoms with Crippen molar-refractivity contribution < 1.29 is 4.53 Å². The maximum absolute atomic E-state index is 8.83. The van der Waals surface area contributed by atoms with Crippen LogP contribution in [0.2, 0.25) is 19.6 Å². The molecular formula is C11H14N2OSi. The van der Waals surface area contributed by atoms with Crippen LogP contribution in [0.25, 0.3) is 0 Å². The first-order chi connectivity index (χ1) is 7.03. The van der Waals surface area contributed by atoms with Crippen molar-refractivity contribution in [1.29, 1.82) is 5.26 Å². The van der Waals surface area contributed by atoms with E-state index in [1.165, 1.54) is 0 Å². The van der Waals surface area contributed by atoms with Gasteiger partial charge in [-0.15, -0.1) is 5.16 Å². The van der Waals surface area contributed by atoms with Gasteiger partial charge in [-0.3, -0.25) is 0 Å². The fraction of sp³-hybridized carbons (Fsp3) is 0.273. The van der Waals surface area contributed by atoms with E-state index in [1.54, 1.807) is 12.3 Å². The average Bonchev–Trinajstić information content (AvgIpc) is 2.16. The number of hydrogen-bond donors (Lipinski definition) is 0. The molecule has 0 N–H and O–H groups in total. The molecule has 1 rings (SSSR count). The lowest BCUT2D eigenvalue weighted by Crippen LogP contribution is -2.22. The molecule has 78 valence electrons. The first-order valence-electron chi connectivity index (χ1n) is 4.73. The van der Waals surface area contributed by atoms with E-state index in [0.29, 0.717) is 5.56 Å². The Labute approximate surface area is 91.1 Å². The van der Waals surface area contributed by atoms with Gasteiger partial charge >= 0.3 is 0 Å².